The summed E-state index contributed by atoms with van der Waals surface area (Å²) in [5.74, 6) is -1.08. The highest BCUT2D eigenvalue weighted by Gasteiger charge is 2.05. The highest BCUT2D eigenvalue weighted by atomic mass is 79.9. The summed E-state index contributed by atoms with van der Waals surface area (Å²) in [6, 6.07) is 9.04. The molecular weight excluding hydrogens is 352 g/mol. The van der Waals surface area contributed by atoms with E-state index in [1.807, 2.05) is 18.2 Å². The van der Waals surface area contributed by atoms with Crippen molar-refractivity contribution in [2.75, 3.05) is 5.43 Å². The highest BCUT2D eigenvalue weighted by Crippen LogP contribution is 2.15. The van der Waals surface area contributed by atoms with Crippen LogP contribution in [0, 0.1) is 0 Å². The Labute approximate surface area is 133 Å². The zero-order valence-corrected chi connectivity index (χ0v) is 12.7. The van der Waals surface area contributed by atoms with Crippen LogP contribution < -0.4 is 11.0 Å². The predicted octanol–water partition coefficient (Wildman–Crippen LogP) is 1.99. The molecule has 0 aliphatic rings. The number of H-pyrrole nitrogens is 1. The van der Waals surface area contributed by atoms with Gasteiger partial charge in [0.25, 0.3) is 5.56 Å². The van der Waals surface area contributed by atoms with Crippen molar-refractivity contribution in [1.29, 1.82) is 0 Å². The van der Waals surface area contributed by atoms with Crippen molar-refractivity contribution in [3.63, 3.8) is 0 Å². The van der Waals surface area contributed by atoms with Gasteiger partial charge in [-0.3, -0.25) is 10.2 Å². The predicted molar refractivity (Wildman–Crippen MR) is 85.9 cm³/mol. The van der Waals surface area contributed by atoms with Gasteiger partial charge in [0.1, 0.15) is 4.47 Å². The lowest BCUT2D eigenvalue weighted by Crippen LogP contribution is -2.11. The first-order valence-corrected chi connectivity index (χ1v) is 6.90. The fourth-order valence-corrected chi connectivity index (χ4v) is 1.82. The van der Waals surface area contributed by atoms with E-state index in [0.717, 1.165) is 11.6 Å². The van der Waals surface area contributed by atoms with Gasteiger partial charge in [0.15, 0.2) is 0 Å². The van der Waals surface area contributed by atoms with E-state index < -0.39 is 11.5 Å². The van der Waals surface area contributed by atoms with E-state index in [4.69, 9.17) is 5.11 Å². The number of halogens is 1. The third kappa shape index (κ3) is 4.13. The Morgan fingerprint density at radius 3 is 2.73 bits per heavy atom. The average molecular weight is 363 g/mol. The summed E-state index contributed by atoms with van der Waals surface area (Å²) >= 11 is 3.12. The van der Waals surface area contributed by atoms with Gasteiger partial charge in [0.05, 0.1) is 17.6 Å². The van der Waals surface area contributed by atoms with E-state index in [-0.39, 0.29) is 4.47 Å². The number of rotatable bonds is 5. The van der Waals surface area contributed by atoms with Crippen molar-refractivity contribution in [2.24, 2.45) is 5.10 Å². The van der Waals surface area contributed by atoms with Gasteiger partial charge in [-0.2, -0.15) is 10.2 Å². The summed E-state index contributed by atoms with van der Waals surface area (Å²) < 4.78 is 0.251. The molecule has 2 aromatic rings. The zero-order chi connectivity index (χ0) is 15.9. The molecule has 0 spiro atoms. The quantitative estimate of drug-likeness (QED) is 0.428. The van der Waals surface area contributed by atoms with Crippen molar-refractivity contribution in [3.8, 4) is 0 Å². The van der Waals surface area contributed by atoms with E-state index in [9.17, 15) is 9.59 Å². The number of anilines is 1. The molecule has 0 saturated carbocycles. The lowest BCUT2D eigenvalue weighted by molar-refractivity contribution is -0.131. The van der Waals surface area contributed by atoms with Crippen LogP contribution in [-0.4, -0.2) is 27.0 Å². The number of carboxylic acids is 1. The molecule has 112 valence electrons. The third-order valence-corrected chi connectivity index (χ3v) is 3.33. The molecule has 0 aliphatic carbocycles. The number of aliphatic carboxylic acids is 1. The Kier molecular flexibility index (Phi) is 5.21. The van der Waals surface area contributed by atoms with Crippen LogP contribution in [0.4, 0.5) is 5.69 Å². The minimum absolute atomic E-state index is 0.251. The van der Waals surface area contributed by atoms with Crippen molar-refractivity contribution >= 4 is 33.3 Å². The second-order valence-electron chi connectivity index (χ2n) is 4.07. The number of nitrogens with one attached hydrogen (secondary N) is 2. The smallest absolute Gasteiger partial charge is 0.328 e. The molecule has 8 heteroatoms. The molecule has 0 amide bonds. The van der Waals surface area contributed by atoms with E-state index >= 15 is 0 Å². The Morgan fingerprint density at radius 1 is 1.32 bits per heavy atom. The summed E-state index contributed by atoms with van der Waals surface area (Å²) in [6.45, 7) is 0. The van der Waals surface area contributed by atoms with Gasteiger partial charge in [-0.15, -0.1) is 0 Å². The van der Waals surface area contributed by atoms with Crippen LogP contribution in [0.25, 0.3) is 0 Å². The summed E-state index contributed by atoms with van der Waals surface area (Å²) in [4.78, 5) is 22.1. The first-order valence-electron chi connectivity index (χ1n) is 6.11. The van der Waals surface area contributed by atoms with Crippen LogP contribution >= 0.6 is 15.9 Å². The molecule has 0 fully saturated rings. The van der Waals surface area contributed by atoms with Gasteiger partial charge < -0.3 is 5.11 Å². The number of nitrogens with zero attached hydrogens (tertiary/aromatic N) is 2. The lowest BCUT2D eigenvalue weighted by Gasteiger charge is -2.05. The van der Waals surface area contributed by atoms with E-state index in [2.05, 4.69) is 36.7 Å². The SMILES string of the molecule is O=C(O)C=CC(=NNc1cn[nH]c(=O)c1Br)c1ccccc1. The van der Waals surface area contributed by atoms with Gasteiger partial charge in [-0.05, 0) is 22.0 Å². The summed E-state index contributed by atoms with van der Waals surface area (Å²) in [7, 11) is 0. The molecular formula is C14H11BrN4O3. The van der Waals surface area contributed by atoms with Crippen LogP contribution in [0.15, 0.2) is 63.0 Å². The number of carbonyl (C=O) groups is 1. The topological polar surface area (TPSA) is 107 Å². The number of aromatic amines is 1. The molecule has 0 aliphatic heterocycles. The average Bonchev–Trinajstić information content (AvgIpc) is 2.52. The number of allylic oxidation sites excluding steroid dienone is 1. The maximum absolute atomic E-state index is 11.4. The Bertz CT molecular complexity index is 784. The largest absolute Gasteiger partial charge is 0.478 e. The molecule has 7 nitrogen and oxygen atoms in total. The van der Waals surface area contributed by atoms with Crippen LogP contribution in [-0.2, 0) is 4.79 Å². The maximum atomic E-state index is 11.4. The molecule has 0 atom stereocenters. The van der Waals surface area contributed by atoms with Gasteiger partial charge in [0.2, 0.25) is 0 Å². The van der Waals surface area contributed by atoms with Gasteiger partial charge in [-0.25, -0.2) is 9.89 Å². The number of aromatic nitrogens is 2. The van der Waals surface area contributed by atoms with Gasteiger partial charge >= 0.3 is 5.97 Å². The van der Waals surface area contributed by atoms with Crippen molar-refractivity contribution in [2.45, 2.75) is 0 Å². The van der Waals surface area contributed by atoms with Crippen LogP contribution in [0.3, 0.4) is 0 Å². The first kappa shape index (κ1) is 15.6. The second-order valence-corrected chi connectivity index (χ2v) is 4.87. The third-order valence-electron chi connectivity index (χ3n) is 2.55. The van der Waals surface area contributed by atoms with E-state index in [0.29, 0.717) is 11.4 Å². The van der Waals surface area contributed by atoms with Crippen molar-refractivity contribution in [3.05, 3.63) is 69.1 Å². The normalized spacial score (nSPS) is 11.6. The van der Waals surface area contributed by atoms with Gasteiger partial charge in [-0.1, -0.05) is 30.3 Å². The second kappa shape index (κ2) is 7.32. The molecule has 0 saturated heterocycles. The summed E-state index contributed by atoms with van der Waals surface area (Å²) in [5.41, 5.74) is 3.77. The number of hydrogen-bond acceptors (Lipinski definition) is 5. The molecule has 22 heavy (non-hydrogen) atoms. The van der Waals surface area contributed by atoms with E-state index in [1.54, 1.807) is 12.1 Å². The Hall–Kier alpha value is -2.74. The minimum Gasteiger partial charge on any atom is -0.478 e. The van der Waals surface area contributed by atoms with E-state index in [1.165, 1.54) is 12.3 Å². The molecule has 1 aromatic carbocycles. The van der Waals surface area contributed by atoms with Crippen LogP contribution in [0.5, 0.6) is 0 Å². The minimum atomic E-state index is -1.08. The number of hydrogen-bond donors (Lipinski definition) is 3. The molecule has 1 heterocycles. The molecule has 2 rings (SSSR count). The first-order chi connectivity index (χ1) is 10.6. The number of carboxylic acid groups (broad SMARTS) is 1. The number of hydrazone groups is 1. The number of benzene rings is 1. The molecule has 1 aromatic heterocycles. The van der Waals surface area contributed by atoms with Crippen LogP contribution in [0.1, 0.15) is 5.56 Å². The standard InChI is InChI=1S/C14H11BrN4O3/c15-13-11(8-16-19-14(13)22)18-17-10(6-7-12(20)21)9-4-2-1-3-5-9/h1-8H,(H,20,21)(H2,18,19,22). The van der Waals surface area contributed by atoms with Crippen molar-refractivity contribution < 1.29 is 9.90 Å². The molecule has 0 unspecified atom stereocenters. The summed E-state index contributed by atoms with van der Waals surface area (Å²) in [6.07, 6.45) is 3.73. The fourth-order valence-electron chi connectivity index (χ4n) is 1.54. The molecule has 0 bridgehead atoms. The molecule has 3 N–H and O–H groups in total. The van der Waals surface area contributed by atoms with Crippen molar-refractivity contribution in [1.82, 2.24) is 10.2 Å². The van der Waals surface area contributed by atoms with Crippen LogP contribution in [0.2, 0.25) is 0 Å². The lowest BCUT2D eigenvalue weighted by atomic mass is 10.1. The van der Waals surface area contributed by atoms with Gasteiger partial charge in [0, 0.05) is 11.6 Å². The monoisotopic (exact) mass is 362 g/mol. The molecule has 0 radical (unpaired) electrons. The highest BCUT2D eigenvalue weighted by molar-refractivity contribution is 9.10. The Morgan fingerprint density at radius 2 is 2.05 bits per heavy atom. The maximum Gasteiger partial charge on any atom is 0.328 e. The fraction of sp³-hybridized carbons (Fsp3) is 0. The Balaban J connectivity index is 2.34. The summed E-state index contributed by atoms with van der Waals surface area (Å²) in [5, 5.41) is 18.8. The zero-order valence-electron chi connectivity index (χ0n) is 11.2.